The predicted molar refractivity (Wildman–Crippen MR) is 218 cm³/mol. The van der Waals surface area contributed by atoms with Gasteiger partial charge in [0.2, 0.25) is 0 Å². The van der Waals surface area contributed by atoms with Gasteiger partial charge in [0, 0.05) is 0 Å². The Labute approximate surface area is 371 Å². The van der Waals surface area contributed by atoms with Gasteiger partial charge >= 0.3 is 37.1 Å². The molecule has 0 unspecified atom stereocenters. The molecule has 0 aromatic carbocycles. The molecule has 18 heteroatoms. The minimum absolute atomic E-state index is 0. The fourth-order valence-electron chi connectivity index (χ4n) is 11.0. The maximum Gasteiger partial charge on any atom is 0.403 e. The lowest BCUT2D eigenvalue weighted by Crippen LogP contribution is -2.55. The Morgan fingerprint density at radius 3 is 0.953 bits per heavy atom. The third-order valence-electron chi connectivity index (χ3n) is 16.2. The highest BCUT2D eigenvalue weighted by Gasteiger charge is 2.74. The molecule has 2 atom stereocenters. The largest absolute Gasteiger partial charge is 0.403 e. The van der Waals surface area contributed by atoms with Crippen LogP contribution in [0.5, 0.6) is 0 Å². The van der Waals surface area contributed by atoms with Crippen LogP contribution in [0.1, 0.15) is 199 Å². The highest BCUT2D eigenvalue weighted by Crippen LogP contribution is 2.64. The van der Waals surface area contributed by atoms with Gasteiger partial charge < -0.3 is 0 Å². The minimum Gasteiger partial charge on any atom is -0.170 e. The Bertz CT molecular complexity index is 1270. The Morgan fingerprint density at radius 2 is 0.688 bits per heavy atom. The summed E-state index contributed by atoms with van der Waals surface area (Å²) in [4.78, 5) is 0. The van der Waals surface area contributed by atoms with Crippen LogP contribution in [0.15, 0.2) is 0 Å². The molecule has 0 heterocycles. The van der Waals surface area contributed by atoms with E-state index in [4.69, 9.17) is 0 Å². The Morgan fingerprint density at radius 1 is 0.344 bits per heavy atom. The summed E-state index contributed by atoms with van der Waals surface area (Å²) in [6.07, 6.45) is -23.8. The molecule has 64 heavy (non-hydrogen) atoms. The van der Waals surface area contributed by atoms with Crippen LogP contribution < -0.4 is 0 Å². The zero-order chi connectivity index (χ0) is 46.2. The van der Waals surface area contributed by atoms with Crippen molar-refractivity contribution in [1.82, 2.24) is 0 Å². The molecule has 7 saturated carbocycles. The summed E-state index contributed by atoms with van der Waals surface area (Å²) in [5.41, 5.74) is -9.96. The standard InChI is InChI=1S/C14H20F6.C10H18.2C9H12F6.4CH4/c1-10-2-4-11(5-3-10)6-8-12(9-7-11,13(15,16)17)14(18,19)20;1-8-7-9-3-5-10(8,2)6-4-9;1-6-2-4-7(5-3-6,8(10,11)12)9(13,14)15;1-6-4-2-3-5-7(6,8(10,11)12)9(13,14)15;;;;/h10H,2-9H2,1H3;8-9H,3-7H2,1-2H3;2*6H,2-5H2,1H3;4*1H4/t;8-,9?,10?;;6-;;;;/m.0.1..../s1. The van der Waals surface area contributed by atoms with Gasteiger partial charge in [-0.15, -0.1) is 0 Å². The Kier molecular flexibility index (Phi) is 22.7. The van der Waals surface area contributed by atoms with E-state index in [-0.39, 0.29) is 79.6 Å². The summed E-state index contributed by atoms with van der Waals surface area (Å²) in [5, 5.41) is 0. The van der Waals surface area contributed by atoms with Gasteiger partial charge in [0.15, 0.2) is 16.2 Å². The van der Waals surface area contributed by atoms with E-state index < -0.39 is 91.3 Å². The number of hydrogen-bond donors (Lipinski definition) is 0. The lowest BCUT2D eigenvalue weighted by Gasteiger charge is -2.49. The lowest BCUT2D eigenvalue weighted by molar-refractivity contribution is -0.364. The monoisotopic (exact) mass is 973 g/mol. The molecule has 0 nitrogen and oxygen atoms in total. The average molecular weight is 973 g/mol. The van der Waals surface area contributed by atoms with Gasteiger partial charge in [-0.1, -0.05) is 90.0 Å². The van der Waals surface area contributed by atoms with E-state index in [2.05, 4.69) is 20.8 Å². The second kappa shape index (κ2) is 22.4. The molecule has 0 amide bonds. The summed E-state index contributed by atoms with van der Waals surface area (Å²) in [6, 6.07) is 0. The summed E-state index contributed by atoms with van der Waals surface area (Å²) >= 11 is 0. The Hall–Kier alpha value is -1.26. The van der Waals surface area contributed by atoms with Gasteiger partial charge in [0.05, 0.1) is 0 Å². The molecule has 0 radical (unpaired) electrons. The van der Waals surface area contributed by atoms with Crippen LogP contribution in [0, 0.1) is 56.7 Å². The fraction of sp³-hybridized carbons (Fsp3) is 1.00. The first-order chi connectivity index (χ1) is 27.0. The van der Waals surface area contributed by atoms with E-state index in [9.17, 15) is 79.0 Å². The third-order valence-corrected chi connectivity index (χ3v) is 16.2. The maximum atomic E-state index is 13.0. The molecule has 7 rings (SSSR count). The molecule has 7 aliphatic carbocycles. The van der Waals surface area contributed by atoms with Crippen LogP contribution in [0.25, 0.3) is 0 Å². The van der Waals surface area contributed by atoms with Crippen LogP contribution in [0.3, 0.4) is 0 Å². The molecule has 7 fully saturated rings. The molecule has 388 valence electrons. The molecular weight excluding hydrogens is 894 g/mol. The molecule has 1 spiro atoms. The molecule has 0 aromatic rings. The SMILES string of the molecule is C.C.C.C.CC1CCC(C(F)(F)F)(C(F)(F)F)CC1.CC1CCC2(CC1)CCC(C(F)(F)F)(C(F)(F)F)CC2.C[C@@H]1CCCCC1(C(F)(F)F)C(F)(F)F.C[C@H]1CC2CCC1(C)CC2. The van der Waals surface area contributed by atoms with E-state index in [1.165, 1.54) is 32.1 Å². The second-order valence-electron chi connectivity index (χ2n) is 19.9. The third kappa shape index (κ3) is 13.5. The summed E-state index contributed by atoms with van der Waals surface area (Å²) in [7, 11) is 0. The average Bonchev–Trinajstić information content (AvgIpc) is 3.09. The zero-order valence-corrected chi connectivity index (χ0v) is 35.0. The highest BCUT2D eigenvalue weighted by molar-refractivity contribution is 5.02. The lowest BCUT2D eigenvalue weighted by atomic mass is 9.57. The van der Waals surface area contributed by atoms with Crippen molar-refractivity contribution < 1.29 is 79.0 Å². The number of alkyl halides is 18. The molecule has 2 bridgehead atoms. The first-order valence-electron chi connectivity index (χ1n) is 21.4. The van der Waals surface area contributed by atoms with Crippen molar-refractivity contribution >= 4 is 0 Å². The van der Waals surface area contributed by atoms with Gasteiger partial charge in [0.25, 0.3) is 0 Å². The molecule has 0 saturated heterocycles. The van der Waals surface area contributed by atoms with Crippen LogP contribution in [-0.2, 0) is 0 Å². The normalized spacial score (nSPS) is 29.2. The smallest absolute Gasteiger partial charge is 0.170 e. The number of hydrogen-bond acceptors (Lipinski definition) is 0. The van der Waals surface area contributed by atoms with Gasteiger partial charge in [-0.2, -0.15) is 79.0 Å². The van der Waals surface area contributed by atoms with Gasteiger partial charge in [-0.25, -0.2) is 0 Å². The number of fused-ring (bicyclic) bond motifs is 3. The highest BCUT2D eigenvalue weighted by atomic mass is 19.4. The fourth-order valence-corrected chi connectivity index (χ4v) is 11.0. The summed E-state index contributed by atoms with van der Waals surface area (Å²) < 4.78 is 229. The van der Waals surface area contributed by atoms with Crippen molar-refractivity contribution in [2.75, 3.05) is 0 Å². The van der Waals surface area contributed by atoms with Crippen LogP contribution in [0.2, 0.25) is 0 Å². The minimum atomic E-state index is -5.20. The van der Waals surface area contributed by atoms with Crippen molar-refractivity contribution in [1.29, 1.82) is 0 Å². The van der Waals surface area contributed by atoms with Crippen molar-refractivity contribution in [3.05, 3.63) is 0 Å². The first-order valence-corrected chi connectivity index (χ1v) is 21.4. The first kappa shape index (κ1) is 64.8. The van der Waals surface area contributed by atoms with Crippen LogP contribution in [0.4, 0.5) is 79.0 Å². The second-order valence-corrected chi connectivity index (χ2v) is 19.9. The predicted octanol–water partition coefficient (Wildman–Crippen LogP) is 20.3. The van der Waals surface area contributed by atoms with Crippen molar-refractivity contribution in [3.8, 4) is 0 Å². The van der Waals surface area contributed by atoms with E-state index in [0.717, 1.165) is 49.9 Å². The number of rotatable bonds is 0. The van der Waals surface area contributed by atoms with Gasteiger partial charge in [0.1, 0.15) is 0 Å². The van der Waals surface area contributed by atoms with Crippen LogP contribution in [-0.4, -0.2) is 37.1 Å². The molecule has 0 aromatic heterocycles. The molecule has 0 aliphatic heterocycles. The van der Waals surface area contributed by atoms with E-state index >= 15 is 0 Å². The van der Waals surface area contributed by atoms with Crippen molar-refractivity contribution in [2.45, 2.75) is 236 Å². The van der Waals surface area contributed by atoms with Crippen LogP contribution >= 0.6 is 0 Å². The van der Waals surface area contributed by atoms with Crippen molar-refractivity contribution in [2.24, 2.45) is 56.7 Å². The zero-order valence-electron chi connectivity index (χ0n) is 35.0. The molecular formula is C46H78F18. The van der Waals surface area contributed by atoms with Gasteiger partial charge in [-0.05, 0) is 150 Å². The topological polar surface area (TPSA) is 0 Å². The van der Waals surface area contributed by atoms with Crippen molar-refractivity contribution in [3.63, 3.8) is 0 Å². The molecule has 0 N–H and O–H groups in total. The molecule has 7 aliphatic rings. The Balaban J connectivity index is 0. The maximum absolute atomic E-state index is 13.0. The quantitative estimate of drug-likeness (QED) is 0.212. The van der Waals surface area contributed by atoms with E-state index in [1.807, 2.05) is 0 Å². The van der Waals surface area contributed by atoms with Gasteiger partial charge in [-0.3, -0.25) is 0 Å². The summed E-state index contributed by atoms with van der Waals surface area (Å²) in [5.74, 6) is 1.23. The van der Waals surface area contributed by atoms with E-state index in [1.54, 1.807) is 6.92 Å². The van der Waals surface area contributed by atoms with E-state index in [0.29, 0.717) is 12.3 Å². The summed E-state index contributed by atoms with van der Waals surface area (Å²) in [6.45, 7) is 9.75. The number of halogens is 18.